The van der Waals surface area contributed by atoms with Crippen LogP contribution in [0.15, 0.2) is 184 Å². The van der Waals surface area contributed by atoms with Crippen molar-refractivity contribution < 1.29 is 13.6 Å². The van der Waals surface area contributed by atoms with Gasteiger partial charge in [-0.2, -0.15) is 0 Å². The zero-order valence-corrected chi connectivity index (χ0v) is 29.1. The van der Waals surface area contributed by atoms with Gasteiger partial charge in [-0.1, -0.05) is 97.1 Å². The van der Waals surface area contributed by atoms with Crippen LogP contribution in [-0.4, -0.2) is 10.7 Å². The van der Waals surface area contributed by atoms with Crippen LogP contribution in [0.4, 0.5) is 0 Å². The van der Waals surface area contributed by atoms with Crippen molar-refractivity contribution in [2.75, 3.05) is 0 Å². The molecule has 1 unspecified atom stereocenters. The van der Waals surface area contributed by atoms with Crippen LogP contribution in [0.25, 0.3) is 88.1 Å². The van der Waals surface area contributed by atoms with Crippen LogP contribution in [0.1, 0.15) is 11.1 Å². The number of hydrogen-bond acceptors (Lipinski definition) is 3. The summed E-state index contributed by atoms with van der Waals surface area (Å²) >= 11 is 0. The van der Waals surface area contributed by atoms with Crippen molar-refractivity contribution in [3.63, 3.8) is 0 Å². The lowest BCUT2D eigenvalue weighted by molar-refractivity contribution is 0.318. The van der Waals surface area contributed by atoms with E-state index < -0.39 is 0 Å². The summed E-state index contributed by atoms with van der Waals surface area (Å²) in [6.07, 6.45) is 9.56. The molecule has 1 atom stereocenters. The Bertz CT molecular complexity index is 3220. The minimum absolute atomic E-state index is 0.0419. The molecule has 4 nitrogen and oxygen atoms in total. The average Bonchev–Trinajstić information content (AvgIpc) is 3.54. The summed E-state index contributed by atoms with van der Waals surface area (Å²) in [5, 5.41) is 6.91. The van der Waals surface area contributed by atoms with Gasteiger partial charge in [-0.3, -0.25) is 0 Å². The predicted octanol–water partition coefficient (Wildman–Crippen LogP) is 13.1. The van der Waals surface area contributed by atoms with Crippen LogP contribution in [0.3, 0.4) is 0 Å². The molecule has 0 saturated carbocycles. The third-order valence-corrected chi connectivity index (χ3v) is 11.2. The predicted molar refractivity (Wildman–Crippen MR) is 221 cm³/mol. The molecule has 3 aromatic heterocycles. The van der Waals surface area contributed by atoms with Crippen LogP contribution in [0.5, 0.6) is 5.75 Å². The zero-order chi connectivity index (χ0) is 35.3. The summed E-state index contributed by atoms with van der Waals surface area (Å²) in [5.74, 6) is 0.857. The fraction of sp³-hybridized carbons (Fsp3) is 0.0400. The summed E-state index contributed by atoms with van der Waals surface area (Å²) in [5.41, 5.74) is 13.9. The van der Waals surface area contributed by atoms with E-state index in [1.165, 1.54) is 38.5 Å². The number of para-hydroxylation sites is 2. The van der Waals surface area contributed by atoms with Gasteiger partial charge in [0.1, 0.15) is 34.2 Å². The maximum atomic E-state index is 6.56. The van der Waals surface area contributed by atoms with Gasteiger partial charge in [0.2, 0.25) is 0 Å². The molecule has 10 aromatic rings. The number of ether oxygens (including phenoxy) is 1. The largest absolute Gasteiger partial charge is 0.481 e. The van der Waals surface area contributed by atoms with Gasteiger partial charge in [0.15, 0.2) is 0 Å². The molecule has 0 radical (unpaired) electrons. The number of hydrogen-bond donors (Lipinski definition) is 0. The fourth-order valence-corrected chi connectivity index (χ4v) is 8.42. The molecule has 0 spiro atoms. The number of fused-ring (bicyclic) bond motifs is 11. The van der Waals surface area contributed by atoms with Crippen LogP contribution < -0.4 is 4.74 Å². The van der Waals surface area contributed by atoms with Gasteiger partial charge in [0.05, 0.1) is 11.0 Å². The minimum atomic E-state index is -0.0419. The Balaban J connectivity index is 0.975. The SMILES string of the molecule is C1=C2/C=C\C(c3ccc4oc5ccc(-c6ccccc6)cc5c4c3)=C/Cc3cc4c(cc3OC12)oc1ccc(-n2c3ccccc3c3ccccc32)cc14. The van der Waals surface area contributed by atoms with E-state index in [4.69, 9.17) is 13.6 Å². The van der Waals surface area contributed by atoms with Crippen molar-refractivity contribution in [3.8, 4) is 22.6 Å². The molecule has 0 N–H and O–H groups in total. The number of benzene rings is 7. The number of allylic oxidation sites excluding steroid dienone is 3. The highest BCUT2D eigenvalue weighted by Crippen LogP contribution is 2.41. The first-order valence-electron chi connectivity index (χ1n) is 18.5. The second-order valence-electron chi connectivity index (χ2n) is 14.4. The molecule has 254 valence electrons. The van der Waals surface area contributed by atoms with Gasteiger partial charge in [-0.05, 0) is 107 Å². The van der Waals surface area contributed by atoms with Crippen molar-refractivity contribution in [3.05, 3.63) is 187 Å². The Hall–Kier alpha value is -7.04. The molecular weight excluding hydrogens is 663 g/mol. The lowest BCUT2D eigenvalue weighted by atomic mass is 9.97. The molecule has 0 bridgehead atoms. The standard InChI is InChI=1S/C50H31NO3/c1-2-8-30(9-3-1)32-18-21-45-39(24-32)40-25-33(19-22-46(40)52-45)31-14-16-34-26-41-42-28-36(51-43-12-6-4-10-37(43)38-11-5-7-13-44(38)51)20-23-47(42)53-50(41)29-49(34)54-48-27-35(48)17-15-31/h1-15,17-29,48H,16H2/b17-15-,31-14+. The Morgan fingerprint density at radius 2 is 1.11 bits per heavy atom. The average molecular weight is 694 g/mol. The first-order valence-corrected chi connectivity index (χ1v) is 18.5. The molecule has 0 amide bonds. The van der Waals surface area contributed by atoms with Crippen LogP contribution in [0, 0.1) is 0 Å². The van der Waals surface area contributed by atoms with Gasteiger partial charge in [0, 0.05) is 44.1 Å². The number of furan rings is 2. The third-order valence-electron chi connectivity index (χ3n) is 11.2. The highest BCUT2D eigenvalue weighted by atomic mass is 16.5. The van der Waals surface area contributed by atoms with Crippen molar-refractivity contribution in [2.24, 2.45) is 0 Å². The van der Waals surface area contributed by atoms with Gasteiger partial charge >= 0.3 is 0 Å². The second-order valence-corrected chi connectivity index (χ2v) is 14.4. The van der Waals surface area contributed by atoms with Crippen molar-refractivity contribution in [2.45, 2.75) is 12.5 Å². The molecule has 54 heavy (non-hydrogen) atoms. The summed E-state index contributed by atoms with van der Waals surface area (Å²) in [6.45, 7) is 0. The van der Waals surface area contributed by atoms with Crippen molar-refractivity contribution in [1.82, 2.24) is 4.57 Å². The van der Waals surface area contributed by atoms with Gasteiger partial charge in [-0.25, -0.2) is 0 Å². The molecule has 0 saturated heterocycles. The first kappa shape index (κ1) is 29.5. The summed E-state index contributed by atoms with van der Waals surface area (Å²) in [6, 6.07) is 51.7. The highest BCUT2D eigenvalue weighted by Gasteiger charge is 2.27. The molecule has 1 aliphatic carbocycles. The maximum Gasteiger partial charge on any atom is 0.143 e. The maximum absolute atomic E-state index is 6.56. The molecule has 0 fully saturated rings. The summed E-state index contributed by atoms with van der Waals surface area (Å²) < 4.78 is 21.7. The van der Waals surface area contributed by atoms with Crippen molar-refractivity contribution in [1.29, 1.82) is 0 Å². The van der Waals surface area contributed by atoms with E-state index >= 15 is 0 Å². The minimum Gasteiger partial charge on any atom is -0.481 e. The van der Waals surface area contributed by atoms with Crippen LogP contribution in [-0.2, 0) is 6.42 Å². The van der Waals surface area contributed by atoms with Crippen molar-refractivity contribution >= 4 is 71.3 Å². The first-order chi connectivity index (χ1) is 26.7. The zero-order valence-electron chi connectivity index (χ0n) is 29.1. The van der Waals surface area contributed by atoms with E-state index in [-0.39, 0.29) is 6.10 Å². The lowest BCUT2D eigenvalue weighted by Gasteiger charge is -2.13. The number of nitrogens with zero attached hydrogens (tertiary/aromatic N) is 1. The van der Waals surface area contributed by atoms with E-state index in [9.17, 15) is 0 Å². The Kier molecular flexibility index (Phi) is 6.14. The van der Waals surface area contributed by atoms with Crippen LogP contribution >= 0.6 is 0 Å². The van der Waals surface area contributed by atoms with E-state index in [2.05, 4.69) is 174 Å². The summed E-state index contributed by atoms with van der Waals surface area (Å²) in [7, 11) is 0. The Morgan fingerprint density at radius 3 is 1.89 bits per heavy atom. The molecule has 2 aliphatic rings. The number of aromatic nitrogens is 1. The fourth-order valence-electron chi connectivity index (χ4n) is 8.42. The molecule has 4 heteroatoms. The van der Waals surface area contributed by atoms with E-state index in [1.54, 1.807) is 0 Å². The van der Waals surface area contributed by atoms with E-state index in [1.807, 2.05) is 0 Å². The normalized spacial score (nSPS) is 17.0. The highest BCUT2D eigenvalue weighted by molar-refractivity contribution is 6.11. The van der Waals surface area contributed by atoms with E-state index in [0.717, 1.165) is 72.0 Å². The Labute approximate surface area is 310 Å². The van der Waals surface area contributed by atoms with Crippen LogP contribution in [0.2, 0.25) is 0 Å². The topological polar surface area (TPSA) is 40.4 Å². The van der Waals surface area contributed by atoms with Gasteiger partial charge < -0.3 is 18.1 Å². The number of rotatable bonds is 3. The second kappa shape index (κ2) is 11.2. The molecule has 4 heterocycles. The third kappa shape index (κ3) is 4.56. The smallest absolute Gasteiger partial charge is 0.143 e. The monoisotopic (exact) mass is 693 g/mol. The molecular formula is C50H31NO3. The molecule has 1 aliphatic heterocycles. The van der Waals surface area contributed by atoms with Gasteiger partial charge in [-0.15, -0.1) is 0 Å². The molecule has 12 rings (SSSR count). The van der Waals surface area contributed by atoms with E-state index in [0.29, 0.717) is 6.42 Å². The Morgan fingerprint density at radius 1 is 0.481 bits per heavy atom. The van der Waals surface area contributed by atoms with Gasteiger partial charge in [0.25, 0.3) is 0 Å². The summed E-state index contributed by atoms with van der Waals surface area (Å²) in [4.78, 5) is 0. The lowest BCUT2D eigenvalue weighted by Crippen LogP contribution is -2.04. The quantitative estimate of drug-likeness (QED) is 0.185. The molecule has 7 aromatic carbocycles.